The molecule has 1 N–H and O–H groups in total. The first-order chi connectivity index (χ1) is 3.30. The fourth-order valence-corrected chi connectivity index (χ4v) is 0.659. The number of hydrogen-bond acceptors (Lipinski definition) is 1. The number of aryl methyl sites for hydroxylation is 1. The standard InChI is InChI=1S/C4H7AsN2/c1-3-4(5)2-6-7-3/h2H,5H2,1H3,(H,6,7). The summed E-state index contributed by atoms with van der Waals surface area (Å²) in [4.78, 5) is 0. The minimum atomic E-state index is 1.11. The van der Waals surface area contributed by atoms with E-state index >= 15 is 0 Å². The van der Waals surface area contributed by atoms with Gasteiger partial charge in [-0.3, -0.25) is 0 Å². The molecule has 0 fully saturated rings. The van der Waals surface area contributed by atoms with Gasteiger partial charge < -0.3 is 0 Å². The number of nitrogens with zero attached hydrogens (tertiary/aromatic N) is 1. The molecule has 1 heterocycles. The maximum absolute atomic E-state index is 3.91. The van der Waals surface area contributed by atoms with Crippen LogP contribution in [0.15, 0.2) is 6.20 Å². The van der Waals surface area contributed by atoms with Crippen molar-refractivity contribution in [2.45, 2.75) is 6.92 Å². The Morgan fingerprint density at radius 1 is 1.86 bits per heavy atom. The third-order valence-electron chi connectivity index (χ3n) is 0.870. The molecule has 1 rings (SSSR count). The first kappa shape index (κ1) is 4.92. The quantitative estimate of drug-likeness (QED) is 0.481. The summed E-state index contributed by atoms with van der Waals surface area (Å²) in [5, 5.41) is 6.67. The zero-order valence-corrected chi connectivity index (χ0v) is 6.52. The van der Waals surface area contributed by atoms with Crippen molar-refractivity contribution in [3.63, 3.8) is 0 Å². The summed E-state index contributed by atoms with van der Waals surface area (Å²) in [7, 11) is 0. The summed E-state index contributed by atoms with van der Waals surface area (Å²) in [5.41, 5.74) is 1.11. The van der Waals surface area contributed by atoms with Crippen LogP contribution >= 0.6 is 0 Å². The van der Waals surface area contributed by atoms with E-state index in [0.717, 1.165) is 5.69 Å². The van der Waals surface area contributed by atoms with E-state index in [0.29, 0.717) is 0 Å². The van der Waals surface area contributed by atoms with Crippen LogP contribution in [-0.4, -0.2) is 27.1 Å². The van der Waals surface area contributed by atoms with Crippen molar-refractivity contribution < 1.29 is 0 Å². The Balaban J connectivity index is 3.12. The molecule has 0 saturated carbocycles. The second-order valence-corrected chi connectivity index (χ2v) is 2.73. The van der Waals surface area contributed by atoms with Crippen LogP contribution in [0.4, 0.5) is 0 Å². The molecule has 0 amide bonds. The molecule has 0 aliphatic rings. The van der Waals surface area contributed by atoms with Gasteiger partial charge in [0.05, 0.1) is 0 Å². The van der Waals surface area contributed by atoms with E-state index in [1.54, 1.807) is 16.9 Å². The molecule has 0 aliphatic heterocycles. The third kappa shape index (κ3) is 0.858. The Morgan fingerprint density at radius 2 is 2.57 bits per heavy atom. The molecule has 0 saturated heterocycles. The van der Waals surface area contributed by atoms with Crippen LogP contribution in [-0.2, 0) is 0 Å². The van der Waals surface area contributed by atoms with E-state index < -0.39 is 0 Å². The van der Waals surface area contributed by atoms with E-state index in [2.05, 4.69) is 10.2 Å². The number of nitrogens with one attached hydrogen (secondary N) is 1. The molecule has 0 aliphatic carbocycles. The minimum absolute atomic E-state index is 1.11. The van der Waals surface area contributed by atoms with Crippen LogP contribution < -0.4 is 4.35 Å². The van der Waals surface area contributed by atoms with Gasteiger partial charge in [0.1, 0.15) is 0 Å². The summed E-state index contributed by atoms with van der Waals surface area (Å²) in [5.74, 6) is 0. The van der Waals surface area contributed by atoms with Crippen molar-refractivity contribution in [1.29, 1.82) is 0 Å². The van der Waals surface area contributed by atoms with E-state index in [4.69, 9.17) is 0 Å². The molecule has 0 spiro atoms. The molecule has 0 radical (unpaired) electrons. The van der Waals surface area contributed by atoms with Gasteiger partial charge in [0.2, 0.25) is 0 Å². The molecule has 38 valence electrons. The zero-order valence-electron chi connectivity index (χ0n) is 4.10. The topological polar surface area (TPSA) is 28.7 Å². The Labute approximate surface area is 50.8 Å². The Kier molecular flexibility index (Phi) is 1.20. The molecule has 3 heteroatoms. The number of H-pyrrole nitrogens is 1. The van der Waals surface area contributed by atoms with E-state index in [1.807, 2.05) is 13.1 Å². The fourth-order valence-electron chi connectivity index (χ4n) is 0.368. The molecule has 1 atom stereocenters. The summed E-state index contributed by atoms with van der Waals surface area (Å²) >= 11 is 1.61. The zero-order chi connectivity index (χ0) is 5.28. The second kappa shape index (κ2) is 1.71. The second-order valence-electron chi connectivity index (χ2n) is 1.43. The normalized spacial score (nSPS) is 9.43. The molecule has 0 bridgehead atoms. The predicted molar refractivity (Wildman–Crippen MR) is 31.5 cm³/mol. The molecule has 1 unspecified atom stereocenters. The van der Waals surface area contributed by atoms with Gasteiger partial charge in [-0.2, -0.15) is 0 Å². The summed E-state index contributed by atoms with van der Waals surface area (Å²) < 4.78 is 1.28. The van der Waals surface area contributed by atoms with E-state index in [1.165, 1.54) is 4.35 Å². The predicted octanol–water partition coefficient (Wildman–Crippen LogP) is -1.02. The van der Waals surface area contributed by atoms with Crippen molar-refractivity contribution >= 4 is 21.2 Å². The van der Waals surface area contributed by atoms with Crippen LogP contribution in [0.2, 0.25) is 0 Å². The van der Waals surface area contributed by atoms with Gasteiger partial charge in [0, 0.05) is 0 Å². The van der Waals surface area contributed by atoms with Gasteiger partial charge in [-0.1, -0.05) is 0 Å². The van der Waals surface area contributed by atoms with Crippen molar-refractivity contribution in [1.82, 2.24) is 10.2 Å². The van der Waals surface area contributed by atoms with Gasteiger partial charge in [-0.15, -0.1) is 0 Å². The molecular weight excluding hydrogens is 151 g/mol. The van der Waals surface area contributed by atoms with E-state index in [9.17, 15) is 0 Å². The monoisotopic (exact) mass is 158 g/mol. The van der Waals surface area contributed by atoms with Crippen molar-refractivity contribution in [2.75, 3.05) is 0 Å². The van der Waals surface area contributed by atoms with Crippen LogP contribution in [0, 0.1) is 6.92 Å². The van der Waals surface area contributed by atoms with Crippen LogP contribution in [0.25, 0.3) is 0 Å². The first-order valence-corrected chi connectivity index (χ1v) is 3.27. The number of aromatic amines is 1. The van der Waals surface area contributed by atoms with Gasteiger partial charge in [-0.25, -0.2) is 0 Å². The number of rotatable bonds is 0. The molecule has 2 nitrogen and oxygen atoms in total. The molecule has 0 aromatic carbocycles. The van der Waals surface area contributed by atoms with Crippen LogP contribution in [0.5, 0.6) is 0 Å². The van der Waals surface area contributed by atoms with E-state index in [-0.39, 0.29) is 0 Å². The molecule has 1 aromatic heterocycles. The van der Waals surface area contributed by atoms with Gasteiger partial charge in [-0.05, 0) is 0 Å². The Bertz CT molecular complexity index is 142. The van der Waals surface area contributed by atoms with Crippen LogP contribution in [0.3, 0.4) is 0 Å². The van der Waals surface area contributed by atoms with Gasteiger partial charge >= 0.3 is 50.2 Å². The third-order valence-corrected chi connectivity index (χ3v) is 2.10. The van der Waals surface area contributed by atoms with Gasteiger partial charge in [0.15, 0.2) is 0 Å². The summed E-state index contributed by atoms with van der Waals surface area (Å²) in [6.07, 6.45) is 1.91. The SMILES string of the molecule is Cc1n[nH]cc1[AsH2]. The average Bonchev–Trinajstić information content (AvgIpc) is 1.91. The van der Waals surface area contributed by atoms with Crippen LogP contribution in [0.1, 0.15) is 5.69 Å². The van der Waals surface area contributed by atoms with Gasteiger partial charge in [0.25, 0.3) is 0 Å². The Morgan fingerprint density at radius 3 is 2.71 bits per heavy atom. The summed E-state index contributed by atoms with van der Waals surface area (Å²) in [6.45, 7) is 1.99. The van der Waals surface area contributed by atoms with Crippen molar-refractivity contribution in [2.24, 2.45) is 0 Å². The van der Waals surface area contributed by atoms with Crippen molar-refractivity contribution in [3.8, 4) is 0 Å². The molecule has 7 heavy (non-hydrogen) atoms. The Hall–Kier alpha value is -0.232. The maximum atomic E-state index is 3.91. The average molecular weight is 158 g/mol. The number of hydrogen-bond donors (Lipinski definition) is 1. The number of aromatic nitrogens is 2. The summed E-state index contributed by atoms with van der Waals surface area (Å²) in [6, 6.07) is 0. The fraction of sp³-hybridized carbons (Fsp3) is 0.250. The molecule has 1 aromatic rings. The molecular formula is C4H7AsN2. The first-order valence-electron chi connectivity index (χ1n) is 2.06. The van der Waals surface area contributed by atoms with Crippen molar-refractivity contribution in [3.05, 3.63) is 11.9 Å².